The second-order valence-corrected chi connectivity index (χ2v) is 5.90. The SMILES string of the molecule is N#Cc1cc(NCCC2CCCCC2)nc2ccccc12. The van der Waals surface area contributed by atoms with Crippen molar-refractivity contribution in [2.45, 2.75) is 38.5 Å². The quantitative estimate of drug-likeness (QED) is 0.897. The highest BCUT2D eigenvalue weighted by molar-refractivity contribution is 5.86. The van der Waals surface area contributed by atoms with Gasteiger partial charge >= 0.3 is 0 Å². The monoisotopic (exact) mass is 279 g/mol. The van der Waals surface area contributed by atoms with Gasteiger partial charge in [-0.25, -0.2) is 4.98 Å². The molecule has 108 valence electrons. The minimum Gasteiger partial charge on any atom is -0.370 e. The zero-order chi connectivity index (χ0) is 14.5. The Morgan fingerprint density at radius 1 is 1.19 bits per heavy atom. The molecule has 0 saturated heterocycles. The summed E-state index contributed by atoms with van der Waals surface area (Å²) in [5.74, 6) is 1.68. The number of pyridine rings is 1. The topological polar surface area (TPSA) is 48.7 Å². The third-order valence-electron chi connectivity index (χ3n) is 4.42. The Kier molecular flexibility index (Phi) is 4.35. The number of nitrogens with one attached hydrogen (secondary N) is 1. The van der Waals surface area contributed by atoms with Crippen molar-refractivity contribution >= 4 is 16.7 Å². The highest BCUT2D eigenvalue weighted by atomic mass is 15.0. The first-order chi connectivity index (χ1) is 10.4. The summed E-state index contributed by atoms with van der Waals surface area (Å²) in [4.78, 5) is 4.60. The summed E-state index contributed by atoms with van der Waals surface area (Å²) in [7, 11) is 0. The molecule has 1 aliphatic rings. The Hall–Kier alpha value is -2.08. The van der Waals surface area contributed by atoms with Gasteiger partial charge in [-0.05, 0) is 24.5 Å². The Morgan fingerprint density at radius 3 is 2.81 bits per heavy atom. The van der Waals surface area contributed by atoms with Gasteiger partial charge in [-0.3, -0.25) is 0 Å². The van der Waals surface area contributed by atoms with Crippen LogP contribution >= 0.6 is 0 Å². The molecule has 0 unspecified atom stereocenters. The Labute approximate surface area is 126 Å². The fraction of sp³-hybridized carbons (Fsp3) is 0.444. The van der Waals surface area contributed by atoms with Crippen LogP contribution in [0.15, 0.2) is 30.3 Å². The predicted octanol–water partition coefficient (Wildman–Crippen LogP) is 4.49. The first-order valence-electron chi connectivity index (χ1n) is 7.90. The van der Waals surface area contributed by atoms with Gasteiger partial charge in [0.05, 0.1) is 17.1 Å². The summed E-state index contributed by atoms with van der Waals surface area (Å²) in [6.07, 6.45) is 8.12. The zero-order valence-corrected chi connectivity index (χ0v) is 12.3. The number of fused-ring (bicyclic) bond motifs is 1. The van der Waals surface area contributed by atoms with Crippen molar-refractivity contribution in [3.8, 4) is 6.07 Å². The van der Waals surface area contributed by atoms with Gasteiger partial charge in [-0.15, -0.1) is 0 Å². The Bertz CT molecular complexity index is 651. The molecule has 0 radical (unpaired) electrons. The summed E-state index contributed by atoms with van der Waals surface area (Å²) < 4.78 is 0. The number of nitrogens with zero attached hydrogens (tertiary/aromatic N) is 2. The molecule has 1 fully saturated rings. The van der Waals surface area contributed by atoms with Crippen molar-refractivity contribution in [3.05, 3.63) is 35.9 Å². The lowest BCUT2D eigenvalue weighted by atomic mass is 9.87. The van der Waals surface area contributed by atoms with E-state index in [2.05, 4.69) is 16.4 Å². The molecule has 1 saturated carbocycles. The molecule has 1 N–H and O–H groups in total. The van der Waals surface area contributed by atoms with Crippen LogP contribution in [0.25, 0.3) is 10.9 Å². The molecule has 0 amide bonds. The summed E-state index contributed by atoms with van der Waals surface area (Å²) in [6, 6.07) is 12.0. The minimum absolute atomic E-state index is 0.695. The summed E-state index contributed by atoms with van der Waals surface area (Å²) in [5.41, 5.74) is 1.58. The van der Waals surface area contributed by atoms with Crippen LogP contribution in [0.3, 0.4) is 0 Å². The van der Waals surface area contributed by atoms with E-state index < -0.39 is 0 Å². The predicted molar refractivity (Wildman–Crippen MR) is 86.1 cm³/mol. The van der Waals surface area contributed by atoms with E-state index in [1.54, 1.807) is 0 Å². The van der Waals surface area contributed by atoms with Crippen LogP contribution in [0.1, 0.15) is 44.1 Å². The van der Waals surface area contributed by atoms with Gasteiger partial charge in [0.25, 0.3) is 0 Å². The van der Waals surface area contributed by atoms with Gasteiger partial charge in [0.2, 0.25) is 0 Å². The minimum atomic E-state index is 0.695. The van der Waals surface area contributed by atoms with Crippen molar-refractivity contribution in [2.75, 3.05) is 11.9 Å². The molecule has 3 heteroatoms. The number of benzene rings is 1. The normalized spacial score (nSPS) is 15.8. The lowest BCUT2D eigenvalue weighted by Gasteiger charge is -2.21. The lowest BCUT2D eigenvalue weighted by molar-refractivity contribution is 0.345. The molecule has 2 aromatic rings. The molecule has 21 heavy (non-hydrogen) atoms. The molecular weight excluding hydrogens is 258 g/mol. The first kappa shape index (κ1) is 13.9. The van der Waals surface area contributed by atoms with Gasteiger partial charge in [0, 0.05) is 11.9 Å². The van der Waals surface area contributed by atoms with Gasteiger partial charge in [-0.2, -0.15) is 5.26 Å². The van der Waals surface area contributed by atoms with E-state index >= 15 is 0 Å². The molecular formula is C18H21N3. The van der Waals surface area contributed by atoms with Crippen LogP contribution in [-0.2, 0) is 0 Å². The van der Waals surface area contributed by atoms with E-state index in [4.69, 9.17) is 0 Å². The molecule has 0 bridgehead atoms. The number of hydrogen-bond acceptors (Lipinski definition) is 3. The van der Waals surface area contributed by atoms with Crippen molar-refractivity contribution in [1.82, 2.24) is 4.98 Å². The Balaban J connectivity index is 1.68. The number of aromatic nitrogens is 1. The number of anilines is 1. The second-order valence-electron chi connectivity index (χ2n) is 5.90. The lowest BCUT2D eigenvalue weighted by Crippen LogP contribution is -2.12. The van der Waals surface area contributed by atoms with Crippen LogP contribution in [-0.4, -0.2) is 11.5 Å². The van der Waals surface area contributed by atoms with E-state index in [0.717, 1.165) is 29.2 Å². The van der Waals surface area contributed by atoms with E-state index in [1.165, 1.54) is 38.5 Å². The molecule has 1 heterocycles. The third-order valence-corrected chi connectivity index (χ3v) is 4.42. The molecule has 1 aromatic carbocycles. The molecule has 0 aliphatic heterocycles. The third kappa shape index (κ3) is 3.33. The fourth-order valence-electron chi connectivity index (χ4n) is 3.24. The molecule has 1 aliphatic carbocycles. The molecule has 3 rings (SSSR count). The van der Waals surface area contributed by atoms with Crippen LogP contribution in [0, 0.1) is 17.2 Å². The van der Waals surface area contributed by atoms with Crippen LogP contribution < -0.4 is 5.32 Å². The molecule has 1 aromatic heterocycles. The van der Waals surface area contributed by atoms with E-state index in [-0.39, 0.29) is 0 Å². The van der Waals surface area contributed by atoms with E-state index in [9.17, 15) is 5.26 Å². The maximum atomic E-state index is 9.28. The van der Waals surface area contributed by atoms with Gasteiger partial charge < -0.3 is 5.32 Å². The van der Waals surface area contributed by atoms with Gasteiger partial charge in [0.15, 0.2) is 0 Å². The molecule has 0 spiro atoms. The maximum absolute atomic E-state index is 9.28. The van der Waals surface area contributed by atoms with E-state index in [1.807, 2.05) is 30.3 Å². The number of hydrogen-bond donors (Lipinski definition) is 1. The smallest absolute Gasteiger partial charge is 0.127 e. The second kappa shape index (κ2) is 6.58. The van der Waals surface area contributed by atoms with Crippen molar-refractivity contribution in [3.63, 3.8) is 0 Å². The van der Waals surface area contributed by atoms with Crippen LogP contribution in [0.5, 0.6) is 0 Å². The average Bonchev–Trinajstić information content (AvgIpc) is 2.55. The maximum Gasteiger partial charge on any atom is 0.127 e. The molecule has 3 nitrogen and oxygen atoms in total. The molecule has 0 atom stereocenters. The average molecular weight is 279 g/mol. The standard InChI is InChI=1S/C18H21N3/c19-13-15-12-18(21-17-9-5-4-8-16(15)17)20-11-10-14-6-2-1-3-7-14/h4-5,8-9,12,14H,1-3,6-7,10-11H2,(H,20,21). The van der Waals surface area contributed by atoms with Gasteiger partial charge in [0.1, 0.15) is 5.82 Å². The van der Waals surface area contributed by atoms with E-state index in [0.29, 0.717) is 5.56 Å². The largest absolute Gasteiger partial charge is 0.370 e. The van der Waals surface area contributed by atoms with Crippen molar-refractivity contribution < 1.29 is 0 Å². The summed E-state index contributed by atoms with van der Waals surface area (Å²) >= 11 is 0. The highest BCUT2D eigenvalue weighted by Gasteiger charge is 2.13. The Morgan fingerprint density at radius 2 is 2.00 bits per heavy atom. The first-order valence-corrected chi connectivity index (χ1v) is 7.90. The number of para-hydroxylation sites is 1. The van der Waals surface area contributed by atoms with Crippen molar-refractivity contribution in [2.24, 2.45) is 5.92 Å². The zero-order valence-electron chi connectivity index (χ0n) is 12.3. The van der Waals surface area contributed by atoms with Crippen LogP contribution in [0.4, 0.5) is 5.82 Å². The highest BCUT2D eigenvalue weighted by Crippen LogP contribution is 2.26. The van der Waals surface area contributed by atoms with Crippen molar-refractivity contribution in [1.29, 1.82) is 5.26 Å². The number of rotatable bonds is 4. The summed E-state index contributed by atoms with van der Waals surface area (Å²) in [6.45, 7) is 0.945. The number of nitriles is 1. The summed E-state index contributed by atoms with van der Waals surface area (Å²) in [5, 5.41) is 13.6. The fourth-order valence-corrected chi connectivity index (χ4v) is 3.24. The van der Waals surface area contributed by atoms with Crippen LogP contribution in [0.2, 0.25) is 0 Å². The van der Waals surface area contributed by atoms with Gasteiger partial charge in [-0.1, -0.05) is 50.3 Å².